The fourth-order valence-electron chi connectivity index (χ4n) is 3.24. The SMILES string of the molecule is CCCCC(C(=O)Nc1ccccc1C)N1C(=O)c2cc(Cl)c(Cl)cc2C1=O. The quantitative estimate of drug-likeness (QED) is 0.663. The zero-order valence-electron chi connectivity index (χ0n) is 15.6. The van der Waals surface area contributed by atoms with Gasteiger partial charge in [-0.3, -0.25) is 19.3 Å². The first-order valence-electron chi connectivity index (χ1n) is 9.08. The van der Waals surface area contributed by atoms with E-state index in [1.165, 1.54) is 12.1 Å². The molecule has 3 amide bonds. The van der Waals surface area contributed by atoms with Gasteiger partial charge in [0, 0.05) is 5.69 Å². The van der Waals surface area contributed by atoms with Crippen molar-refractivity contribution in [3.05, 3.63) is 63.1 Å². The number of amides is 3. The molecule has 1 unspecified atom stereocenters. The summed E-state index contributed by atoms with van der Waals surface area (Å²) in [6.07, 6.45) is 1.90. The fourth-order valence-corrected chi connectivity index (χ4v) is 3.57. The van der Waals surface area contributed by atoms with Gasteiger partial charge >= 0.3 is 0 Å². The van der Waals surface area contributed by atoms with E-state index in [0.29, 0.717) is 18.5 Å². The molecule has 2 aromatic carbocycles. The molecule has 0 saturated heterocycles. The summed E-state index contributed by atoms with van der Waals surface area (Å²) < 4.78 is 0. The third-order valence-electron chi connectivity index (χ3n) is 4.81. The van der Waals surface area contributed by atoms with Crippen LogP contribution in [0.3, 0.4) is 0 Å². The predicted molar refractivity (Wildman–Crippen MR) is 110 cm³/mol. The highest BCUT2D eigenvalue weighted by molar-refractivity contribution is 6.43. The number of benzene rings is 2. The van der Waals surface area contributed by atoms with Gasteiger partial charge in [-0.05, 0) is 37.1 Å². The number of carbonyl (C=O) groups excluding carboxylic acids is 3. The number of fused-ring (bicyclic) bond motifs is 1. The van der Waals surface area contributed by atoms with Crippen LogP contribution in [0, 0.1) is 6.92 Å². The van der Waals surface area contributed by atoms with Crippen LogP contribution >= 0.6 is 23.2 Å². The molecule has 5 nitrogen and oxygen atoms in total. The average Bonchev–Trinajstić information content (AvgIpc) is 2.89. The lowest BCUT2D eigenvalue weighted by Gasteiger charge is -2.25. The number of imide groups is 1. The topological polar surface area (TPSA) is 66.5 Å². The molecule has 0 fully saturated rings. The summed E-state index contributed by atoms with van der Waals surface area (Å²) >= 11 is 12.0. The molecule has 2 aromatic rings. The summed E-state index contributed by atoms with van der Waals surface area (Å²) in [5.41, 5.74) is 1.89. The molecule has 146 valence electrons. The molecule has 7 heteroatoms. The number of hydrogen-bond donors (Lipinski definition) is 1. The van der Waals surface area contributed by atoms with Crippen molar-refractivity contribution < 1.29 is 14.4 Å². The Kier molecular flexibility index (Phi) is 6.06. The van der Waals surface area contributed by atoms with Crippen LogP contribution in [0.25, 0.3) is 0 Å². The Balaban J connectivity index is 1.93. The van der Waals surface area contributed by atoms with Gasteiger partial charge in [-0.2, -0.15) is 0 Å². The van der Waals surface area contributed by atoms with Crippen LogP contribution in [0.1, 0.15) is 52.5 Å². The van der Waals surface area contributed by atoms with Crippen molar-refractivity contribution in [3.63, 3.8) is 0 Å². The van der Waals surface area contributed by atoms with Crippen molar-refractivity contribution >= 4 is 46.6 Å². The Hall–Kier alpha value is -2.37. The smallest absolute Gasteiger partial charge is 0.262 e. The zero-order valence-corrected chi connectivity index (χ0v) is 17.1. The van der Waals surface area contributed by atoms with Gasteiger partial charge < -0.3 is 5.32 Å². The first-order valence-corrected chi connectivity index (χ1v) is 9.84. The summed E-state index contributed by atoms with van der Waals surface area (Å²) in [6.45, 7) is 3.86. The van der Waals surface area contributed by atoms with Crippen molar-refractivity contribution in [3.8, 4) is 0 Å². The molecule has 1 aliphatic rings. The minimum absolute atomic E-state index is 0.171. The third kappa shape index (κ3) is 3.77. The van der Waals surface area contributed by atoms with Gasteiger partial charge in [0.15, 0.2) is 0 Å². The van der Waals surface area contributed by atoms with E-state index in [1.807, 2.05) is 32.0 Å². The number of unbranched alkanes of at least 4 members (excludes halogenated alkanes) is 1. The number of nitrogens with one attached hydrogen (secondary N) is 1. The number of aryl methyl sites for hydroxylation is 1. The molecule has 0 aromatic heterocycles. The van der Waals surface area contributed by atoms with Crippen molar-refractivity contribution in [2.24, 2.45) is 0 Å². The molecule has 1 atom stereocenters. The van der Waals surface area contributed by atoms with E-state index in [2.05, 4.69) is 5.32 Å². The third-order valence-corrected chi connectivity index (χ3v) is 5.53. The van der Waals surface area contributed by atoms with Crippen LogP contribution in [0.15, 0.2) is 36.4 Å². The maximum atomic E-state index is 13.0. The van der Waals surface area contributed by atoms with Gasteiger partial charge in [0.1, 0.15) is 6.04 Å². The predicted octanol–water partition coefficient (Wildman–Crippen LogP) is 5.10. The number of rotatable bonds is 6. The molecular weight excluding hydrogens is 399 g/mol. The van der Waals surface area contributed by atoms with E-state index in [0.717, 1.165) is 16.9 Å². The molecule has 0 radical (unpaired) electrons. The Morgan fingerprint density at radius 2 is 1.64 bits per heavy atom. The molecule has 0 spiro atoms. The van der Waals surface area contributed by atoms with E-state index in [4.69, 9.17) is 23.2 Å². The highest BCUT2D eigenvalue weighted by Gasteiger charge is 2.43. The van der Waals surface area contributed by atoms with Gasteiger partial charge in [0.2, 0.25) is 5.91 Å². The van der Waals surface area contributed by atoms with Crippen LogP contribution in [-0.2, 0) is 4.79 Å². The van der Waals surface area contributed by atoms with Crippen LogP contribution < -0.4 is 5.32 Å². The summed E-state index contributed by atoms with van der Waals surface area (Å²) in [6, 6.07) is 9.21. The summed E-state index contributed by atoms with van der Waals surface area (Å²) in [7, 11) is 0. The van der Waals surface area contributed by atoms with E-state index in [9.17, 15) is 14.4 Å². The number of halogens is 2. The van der Waals surface area contributed by atoms with Crippen LogP contribution in [0.5, 0.6) is 0 Å². The first-order chi connectivity index (χ1) is 13.3. The monoisotopic (exact) mass is 418 g/mol. The first kappa shape index (κ1) is 20.4. The lowest BCUT2D eigenvalue weighted by atomic mass is 10.1. The Bertz CT molecular complexity index is 918. The minimum Gasteiger partial charge on any atom is -0.324 e. The lowest BCUT2D eigenvalue weighted by molar-refractivity contribution is -0.120. The Morgan fingerprint density at radius 1 is 1.07 bits per heavy atom. The molecule has 1 aliphatic heterocycles. The van der Waals surface area contributed by atoms with Gasteiger partial charge in [0.05, 0.1) is 21.2 Å². The molecular formula is C21H20Cl2N2O3. The van der Waals surface area contributed by atoms with Crippen molar-refractivity contribution in [1.82, 2.24) is 4.90 Å². The van der Waals surface area contributed by atoms with Crippen LogP contribution in [0.4, 0.5) is 5.69 Å². The van der Waals surface area contributed by atoms with Gasteiger partial charge in [-0.25, -0.2) is 0 Å². The maximum absolute atomic E-state index is 13.0. The second-order valence-corrected chi connectivity index (χ2v) is 7.57. The molecule has 1 N–H and O–H groups in total. The van der Waals surface area contributed by atoms with E-state index in [-0.39, 0.29) is 21.2 Å². The van der Waals surface area contributed by atoms with Crippen molar-refractivity contribution in [2.45, 2.75) is 39.2 Å². The van der Waals surface area contributed by atoms with E-state index in [1.54, 1.807) is 6.07 Å². The van der Waals surface area contributed by atoms with Gasteiger partial charge in [-0.1, -0.05) is 61.2 Å². The number of nitrogens with zero attached hydrogens (tertiary/aromatic N) is 1. The van der Waals surface area contributed by atoms with Crippen molar-refractivity contribution in [1.29, 1.82) is 0 Å². The lowest BCUT2D eigenvalue weighted by Crippen LogP contribution is -2.47. The number of carbonyl (C=O) groups is 3. The summed E-state index contributed by atoms with van der Waals surface area (Å²) in [4.78, 5) is 39.9. The largest absolute Gasteiger partial charge is 0.324 e. The van der Waals surface area contributed by atoms with Crippen LogP contribution in [0.2, 0.25) is 10.0 Å². The fraction of sp³-hybridized carbons (Fsp3) is 0.286. The summed E-state index contributed by atoms with van der Waals surface area (Å²) in [5.74, 6) is -1.45. The Morgan fingerprint density at radius 3 is 2.18 bits per heavy atom. The number of hydrogen-bond acceptors (Lipinski definition) is 3. The van der Waals surface area contributed by atoms with E-state index >= 15 is 0 Å². The van der Waals surface area contributed by atoms with Gasteiger partial charge in [0.25, 0.3) is 11.8 Å². The second-order valence-electron chi connectivity index (χ2n) is 6.75. The molecule has 0 saturated carbocycles. The maximum Gasteiger partial charge on any atom is 0.262 e. The molecule has 0 aliphatic carbocycles. The highest BCUT2D eigenvalue weighted by atomic mass is 35.5. The van der Waals surface area contributed by atoms with Crippen molar-refractivity contribution in [2.75, 3.05) is 5.32 Å². The molecule has 3 rings (SSSR count). The minimum atomic E-state index is -0.912. The number of para-hydroxylation sites is 1. The van der Waals surface area contributed by atoms with Crippen LogP contribution in [-0.4, -0.2) is 28.7 Å². The standard InChI is InChI=1S/C21H20Cl2N2O3/c1-3-4-9-18(19(26)24-17-8-6-5-7-12(17)2)25-20(27)13-10-15(22)16(23)11-14(13)21(25)28/h5-8,10-11,18H,3-4,9H2,1-2H3,(H,24,26). The highest BCUT2D eigenvalue weighted by Crippen LogP contribution is 2.33. The summed E-state index contributed by atoms with van der Waals surface area (Å²) in [5, 5.41) is 3.23. The molecule has 1 heterocycles. The number of anilines is 1. The average molecular weight is 419 g/mol. The second kappa shape index (κ2) is 8.33. The normalized spacial score (nSPS) is 14.2. The molecule has 0 bridgehead atoms. The van der Waals surface area contributed by atoms with E-state index < -0.39 is 23.8 Å². The zero-order chi connectivity index (χ0) is 20.4. The molecule has 28 heavy (non-hydrogen) atoms. The van der Waals surface area contributed by atoms with Gasteiger partial charge in [-0.15, -0.1) is 0 Å². The Labute approximate surface area is 173 Å².